The lowest BCUT2D eigenvalue weighted by Gasteiger charge is -2.73. The maximum Gasteiger partial charge on any atom is 0.326 e. The molecule has 0 radical (unpaired) electrons. The summed E-state index contributed by atoms with van der Waals surface area (Å²) in [6, 6.07) is -0.900. The Balaban J connectivity index is 1.25. The van der Waals surface area contributed by atoms with Gasteiger partial charge in [0.2, 0.25) is 5.91 Å². The third-order valence-corrected chi connectivity index (χ3v) is 18.1. The minimum absolute atomic E-state index is 0.0574. The minimum Gasteiger partial charge on any atom is -0.480 e. The summed E-state index contributed by atoms with van der Waals surface area (Å²) < 4.78 is 0. The summed E-state index contributed by atoms with van der Waals surface area (Å²) in [4.78, 5) is 40.0. The van der Waals surface area contributed by atoms with Gasteiger partial charge in [-0.2, -0.15) is 0 Å². The number of carboxylic acid groups (broad SMARTS) is 1. The molecular formula is C43H69NO5. The number of fused-ring (bicyclic) bond motifs is 7. The van der Waals surface area contributed by atoms with E-state index in [0.717, 1.165) is 38.5 Å². The van der Waals surface area contributed by atoms with E-state index < -0.39 is 12.0 Å². The second kappa shape index (κ2) is 11.9. The van der Waals surface area contributed by atoms with Gasteiger partial charge < -0.3 is 15.5 Å². The Kier molecular flexibility index (Phi) is 9.02. The van der Waals surface area contributed by atoms with Gasteiger partial charge in [-0.15, -0.1) is 0 Å². The molecule has 6 fully saturated rings. The fourth-order valence-corrected chi connectivity index (χ4v) is 14.6. The molecule has 6 nitrogen and oxygen atoms in total. The van der Waals surface area contributed by atoms with Crippen molar-refractivity contribution in [3.8, 4) is 0 Å². The number of amides is 1. The number of carboxylic acids is 1. The Bertz CT molecular complexity index is 1380. The van der Waals surface area contributed by atoms with Crippen molar-refractivity contribution in [3.63, 3.8) is 0 Å². The second-order valence-corrected chi connectivity index (χ2v) is 20.7. The maximum absolute atomic E-state index is 14.9. The zero-order valence-electron chi connectivity index (χ0n) is 32.6. The topological polar surface area (TPSA) is 104 Å². The Labute approximate surface area is 297 Å². The van der Waals surface area contributed by atoms with Crippen LogP contribution in [0.2, 0.25) is 0 Å². The van der Waals surface area contributed by atoms with Crippen LogP contribution in [0.25, 0.3) is 0 Å². The first-order chi connectivity index (χ1) is 22.6. The number of hydrogen-bond acceptors (Lipinski definition) is 4. The van der Waals surface area contributed by atoms with Crippen molar-refractivity contribution in [2.45, 2.75) is 158 Å². The van der Waals surface area contributed by atoms with Crippen LogP contribution in [0.3, 0.4) is 0 Å². The highest BCUT2D eigenvalue weighted by Crippen LogP contribution is 2.78. The van der Waals surface area contributed by atoms with E-state index in [2.05, 4.69) is 67.3 Å². The standard InChI is InChI=1S/C43H69NO5/c1-24(2)27-14-19-43(33(46)23-26-22-29(38(26,5)6)36(47)44-35(25(3)4)37(48)49)21-20-41(10)28(34(27)43)12-13-31-40(9)17-16-32(45)39(7,8)30(40)15-18-42(31,41)11/h25-32,34-35,45H,1,12-23H2,2-11H3,(H,44,47)(H,48,49)/t26-,27-,28+,29+,30-,31+,32-,34+,35-,40-,41+,42+,43+/m0/s1. The molecule has 13 atom stereocenters. The average molecular weight is 680 g/mol. The molecule has 276 valence electrons. The first-order valence-electron chi connectivity index (χ1n) is 20.0. The number of Topliss-reactive ketones (excluding diaryl/α,β-unsaturated/α-hetero) is 1. The number of allylic oxidation sites excluding steroid dienone is 1. The molecular weight excluding hydrogens is 610 g/mol. The molecule has 6 saturated carbocycles. The van der Waals surface area contributed by atoms with Crippen LogP contribution >= 0.6 is 0 Å². The van der Waals surface area contributed by atoms with Crippen LogP contribution in [0.4, 0.5) is 0 Å². The van der Waals surface area contributed by atoms with Crippen LogP contribution < -0.4 is 5.32 Å². The zero-order valence-corrected chi connectivity index (χ0v) is 32.6. The number of aliphatic carboxylic acids is 1. The number of ketones is 1. The van der Waals surface area contributed by atoms with Gasteiger partial charge in [-0.25, -0.2) is 4.79 Å². The summed E-state index contributed by atoms with van der Waals surface area (Å²) in [5, 5.41) is 23.6. The predicted octanol–water partition coefficient (Wildman–Crippen LogP) is 8.85. The Morgan fingerprint density at radius 3 is 2.08 bits per heavy atom. The maximum atomic E-state index is 14.9. The van der Waals surface area contributed by atoms with Gasteiger partial charge in [-0.05, 0) is 146 Å². The molecule has 6 aliphatic rings. The molecule has 6 heteroatoms. The molecule has 1 amide bonds. The van der Waals surface area contributed by atoms with Crippen LogP contribution in [0.5, 0.6) is 0 Å². The smallest absolute Gasteiger partial charge is 0.326 e. The first kappa shape index (κ1) is 37.1. The van der Waals surface area contributed by atoms with Crippen molar-refractivity contribution in [2.75, 3.05) is 0 Å². The van der Waals surface area contributed by atoms with Gasteiger partial charge in [0.15, 0.2) is 0 Å². The fraction of sp³-hybridized carbons (Fsp3) is 0.884. The van der Waals surface area contributed by atoms with E-state index in [-0.39, 0.29) is 62.3 Å². The van der Waals surface area contributed by atoms with Gasteiger partial charge in [0.1, 0.15) is 11.8 Å². The van der Waals surface area contributed by atoms with E-state index in [9.17, 15) is 24.6 Å². The molecule has 0 heterocycles. The molecule has 0 bridgehead atoms. The third-order valence-electron chi connectivity index (χ3n) is 18.1. The van der Waals surface area contributed by atoms with Crippen molar-refractivity contribution in [3.05, 3.63) is 12.2 Å². The van der Waals surface area contributed by atoms with Crippen LogP contribution in [0.15, 0.2) is 12.2 Å². The number of nitrogens with one attached hydrogen (secondary N) is 1. The second-order valence-electron chi connectivity index (χ2n) is 20.7. The van der Waals surface area contributed by atoms with Crippen molar-refractivity contribution < 1.29 is 24.6 Å². The normalized spacial score (nSPS) is 47.0. The largest absolute Gasteiger partial charge is 0.480 e. The lowest BCUT2D eigenvalue weighted by Crippen LogP contribution is -2.67. The number of rotatable bonds is 8. The summed E-state index contributed by atoms with van der Waals surface area (Å²) in [6.07, 6.45) is 11.8. The number of aliphatic hydroxyl groups excluding tert-OH is 1. The van der Waals surface area contributed by atoms with E-state index in [1.165, 1.54) is 31.3 Å². The molecule has 0 aromatic carbocycles. The highest BCUT2D eigenvalue weighted by Gasteiger charge is 2.72. The van der Waals surface area contributed by atoms with Crippen molar-refractivity contribution in [2.24, 2.45) is 79.8 Å². The van der Waals surface area contributed by atoms with Crippen molar-refractivity contribution >= 4 is 17.7 Å². The Morgan fingerprint density at radius 1 is 0.816 bits per heavy atom. The lowest BCUT2D eigenvalue weighted by molar-refractivity contribution is -0.246. The SMILES string of the molecule is C=C(C)[C@@H]1CC[C@]2(C(=O)C[C@@H]3C[C@H](C(=O)N[C@H](C(=O)O)C(C)C)C3(C)C)CC[C@]3(C)[C@H](CC[C@@H]4[C@@]5(C)CC[C@H](O)C(C)(C)[C@@H]5CC[C@]43C)[C@@H]12. The number of hydrogen-bond donors (Lipinski definition) is 3. The highest BCUT2D eigenvalue weighted by molar-refractivity contribution is 5.88. The number of carbonyl (C=O) groups is 3. The molecule has 0 unspecified atom stereocenters. The van der Waals surface area contributed by atoms with E-state index in [1.807, 2.05) is 13.8 Å². The van der Waals surface area contributed by atoms with Crippen molar-refractivity contribution in [1.29, 1.82) is 0 Å². The lowest BCUT2D eigenvalue weighted by atomic mass is 9.32. The molecule has 0 saturated heterocycles. The summed E-state index contributed by atoms with van der Waals surface area (Å²) in [5.74, 6) is 1.26. The quantitative estimate of drug-likeness (QED) is 0.223. The number of carbonyl (C=O) groups excluding carboxylic acids is 2. The van der Waals surface area contributed by atoms with Gasteiger partial charge in [-0.3, -0.25) is 9.59 Å². The van der Waals surface area contributed by atoms with Crippen LogP contribution in [-0.4, -0.2) is 40.0 Å². The molecule has 3 N–H and O–H groups in total. The van der Waals surface area contributed by atoms with Crippen molar-refractivity contribution in [1.82, 2.24) is 5.32 Å². The van der Waals surface area contributed by atoms with Gasteiger partial charge in [0, 0.05) is 17.8 Å². The number of aliphatic hydroxyl groups is 1. The molecule has 0 aromatic rings. The summed E-state index contributed by atoms with van der Waals surface area (Å²) in [7, 11) is 0. The molecule has 49 heavy (non-hydrogen) atoms. The Hall–Kier alpha value is -1.69. The van der Waals surface area contributed by atoms with Gasteiger partial charge in [0.05, 0.1) is 6.10 Å². The third kappa shape index (κ3) is 5.12. The zero-order chi connectivity index (χ0) is 36.3. The van der Waals surface area contributed by atoms with Crippen LogP contribution in [0, 0.1) is 79.8 Å². The van der Waals surface area contributed by atoms with E-state index in [4.69, 9.17) is 0 Å². The van der Waals surface area contributed by atoms with Crippen LogP contribution in [-0.2, 0) is 14.4 Å². The fourth-order valence-electron chi connectivity index (χ4n) is 14.6. The van der Waals surface area contributed by atoms with Crippen LogP contribution in [0.1, 0.15) is 146 Å². The first-order valence-corrected chi connectivity index (χ1v) is 20.0. The summed E-state index contributed by atoms with van der Waals surface area (Å²) in [6.45, 7) is 27.1. The molecule has 0 spiro atoms. The van der Waals surface area contributed by atoms with Gasteiger partial charge in [0.25, 0.3) is 0 Å². The predicted molar refractivity (Wildman–Crippen MR) is 194 cm³/mol. The molecule has 0 aromatic heterocycles. The molecule has 0 aliphatic heterocycles. The summed E-state index contributed by atoms with van der Waals surface area (Å²) in [5.41, 5.74) is 1.11. The van der Waals surface area contributed by atoms with E-state index >= 15 is 0 Å². The van der Waals surface area contributed by atoms with Gasteiger partial charge in [-0.1, -0.05) is 74.5 Å². The molecule has 6 aliphatic carbocycles. The van der Waals surface area contributed by atoms with Gasteiger partial charge >= 0.3 is 5.97 Å². The average Bonchev–Trinajstić information content (AvgIpc) is 3.41. The summed E-state index contributed by atoms with van der Waals surface area (Å²) >= 11 is 0. The minimum atomic E-state index is -0.999. The highest BCUT2D eigenvalue weighted by atomic mass is 16.4. The monoisotopic (exact) mass is 680 g/mol. The van der Waals surface area contributed by atoms with E-state index in [0.29, 0.717) is 48.2 Å². The van der Waals surface area contributed by atoms with E-state index in [1.54, 1.807) is 0 Å². The Morgan fingerprint density at radius 2 is 1.49 bits per heavy atom. The molecule has 6 rings (SSSR count).